The van der Waals surface area contributed by atoms with Gasteiger partial charge in [0.1, 0.15) is 0 Å². The van der Waals surface area contributed by atoms with Crippen LogP contribution in [0.25, 0.3) is 0 Å². The molecule has 0 aromatic carbocycles. The van der Waals surface area contributed by atoms with Gasteiger partial charge < -0.3 is 0 Å². The van der Waals surface area contributed by atoms with Crippen molar-refractivity contribution < 1.29 is 8.42 Å². The summed E-state index contributed by atoms with van der Waals surface area (Å²) in [5, 5.41) is 6.68. The normalized spacial score (nSPS) is 12.1. The first-order valence-electron chi connectivity index (χ1n) is 5.21. The Morgan fingerprint density at radius 2 is 1.88 bits per heavy atom. The second kappa shape index (κ2) is 4.84. The summed E-state index contributed by atoms with van der Waals surface area (Å²) in [6.07, 6.45) is 0. The SMILES string of the molecule is CCN(CC)S(=O)(=O)Nc1c(C)n[nH]c1C. The number of aromatic amines is 1. The molecule has 6 nitrogen and oxygen atoms in total. The molecule has 0 amide bonds. The molecule has 0 aliphatic heterocycles. The van der Waals surface area contributed by atoms with E-state index in [1.54, 1.807) is 27.7 Å². The Bertz CT molecular complexity index is 429. The molecule has 92 valence electrons. The largest absolute Gasteiger partial charge is 0.301 e. The zero-order valence-electron chi connectivity index (χ0n) is 10.0. The van der Waals surface area contributed by atoms with Gasteiger partial charge >= 0.3 is 10.2 Å². The van der Waals surface area contributed by atoms with Crippen LogP contribution >= 0.6 is 0 Å². The molecule has 2 N–H and O–H groups in total. The minimum atomic E-state index is -3.47. The average molecular weight is 246 g/mol. The standard InChI is InChI=1S/C9H18N4O2S/c1-5-13(6-2)16(14,15)12-9-7(3)10-11-8(9)4/h12H,5-6H2,1-4H3,(H,10,11). The first kappa shape index (κ1) is 13.0. The van der Waals surface area contributed by atoms with Crippen molar-refractivity contribution in [2.45, 2.75) is 27.7 Å². The minimum absolute atomic E-state index is 0.446. The monoisotopic (exact) mass is 246 g/mol. The highest BCUT2D eigenvalue weighted by Crippen LogP contribution is 2.18. The summed E-state index contributed by atoms with van der Waals surface area (Å²) in [6, 6.07) is 0. The second-order valence-corrected chi connectivity index (χ2v) is 5.17. The molecule has 1 aromatic heterocycles. The molecular weight excluding hydrogens is 228 g/mol. The zero-order chi connectivity index (χ0) is 12.3. The van der Waals surface area contributed by atoms with Gasteiger partial charge in [0.15, 0.2) is 0 Å². The van der Waals surface area contributed by atoms with E-state index < -0.39 is 10.2 Å². The van der Waals surface area contributed by atoms with Gasteiger partial charge in [0.2, 0.25) is 0 Å². The number of rotatable bonds is 5. The van der Waals surface area contributed by atoms with Crippen molar-refractivity contribution in [1.82, 2.24) is 14.5 Å². The van der Waals surface area contributed by atoms with Gasteiger partial charge in [0.25, 0.3) is 0 Å². The van der Waals surface area contributed by atoms with Crippen LogP contribution in [0.5, 0.6) is 0 Å². The Morgan fingerprint density at radius 1 is 1.31 bits per heavy atom. The number of nitrogens with one attached hydrogen (secondary N) is 2. The molecule has 0 fully saturated rings. The minimum Gasteiger partial charge on any atom is -0.280 e. The summed E-state index contributed by atoms with van der Waals surface area (Å²) in [5.41, 5.74) is 1.90. The Kier molecular flexibility index (Phi) is 3.93. The Morgan fingerprint density at radius 3 is 2.25 bits per heavy atom. The van der Waals surface area contributed by atoms with Crippen molar-refractivity contribution in [1.29, 1.82) is 0 Å². The summed E-state index contributed by atoms with van der Waals surface area (Å²) in [4.78, 5) is 0. The maximum atomic E-state index is 11.9. The molecule has 0 saturated carbocycles. The van der Waals surface area contributed by atoms with E-state index in [0.717, 1.165) is 0 Å². The fourth-order valence-corrected chi connectivity index (χ4v) is 2.83. The lowest BCUT2D eigenvalue weighted by Crippen LogP contribution is -2.35. The number of aryl methyl sites for hydroxylation is 2. The van der Waals surface area contributed by atoms with Crippen LogP contribution in [-0.2, 0) is 10.2 Å². The van der Waals surface area contributed by atoms with E-state index in [0.29, 0.717) is 30.2 Å². The van der Waals surface area contributed by atoms with Crippen LogP contribution in [0.1, 0.15) is 25.2 Å². The highest BCUT2D eigenvalue weighted by molar-refractivity contribution is 7.90. The van der Waals surface area contributed by atoms with Crippen molar-refractivity contribution in [2.75, 3.05) is 17.8 Å². The molecule has 0 atom stereocenters. The Hall–Kier alpha value is -1.08. The van der Waals surface area contributed by atoms with Crippen molar-refractivity contribution in [3.8, 4) is 0 Å². The second-order valence-electron chi connectivity index (χ2n) is 3.50. The molecular formula is C9H18N4O2S. The van der Waals surface area contributed by atoms with E-state index in [2.05, 4.69) is 14.9 Å². The third kappa shape index (κ3) is 2.53. The number of hydrogen-bond acceptors (Lipinski definition) is 3. The van der Waals surface area contributed by atoms with E-state index in [-0.39, 0.29) is 0 Å². The van der Waals surface area contributed by atoms with Gasteiger partial charge in [-0.05, 0) is 13.8 Å². The molecule has 16 heavy (non-hydrogen) atoms. The van der Waals surface area contributed by atoms with Crippen LogP contribution in [-0.4, -0.2) is 36.0 Å². The van der Waals surface area contributed by atoms with Gasteiger partial charge in [0.05, 0.1) is 17.1 Å². The smallest absolute Gasteiger partial charge is 0.280 e. The van der Waals surface area contributed by atoms with E-state index in [4.69, 9.17) is 0 Å². The van der Waals surface area contributed by atoms with E-state index >= 15 is 0 Å². The quantitative estimate of drug-likeness (QED) is 0.814. The van der Waals surface area contributed by atoms with E-state index in [1.807, 2.05) is 0 Å². The number of hydrogen-bond donors (Lipinski definition) is 2. The van der Waals surface area contributed by atoms with Crippen LogP contribution in [0.4, 0.5) is 5.69 Å². The van der Waals surface area contributed by atoms with Crippen LogP contribution in [0.3, 0.4) is 0 Å². The number of nitrogens with zero attached hydrogens (tertiary/aromatic N) is 2. The molecule has 0 bridgehead atoms. The molecule has 0 aliphatic rings. The summed E-state index contributed by atoms with van der Waals surface area (Å²) in [5.74, 6) is 0. The predicted molar refractivity (Wildman–Crippen MR) is 63.5 cm³/mol. The van der Waals surface area contributed by atoms with Crippen LogP contribution in [0.15, 0.2) is 0 Å². The zero-order valence-corrected chi connectivity index (χ0v) is 10.8. The third-order valence-electron chi connectivity index (χ3n) is 2.40. The maximum Gasteiger partial charge on any atom is 0.301 e. The molecule has 1 rings (SSSR count). The molecule has 0 radical (unpaired) electrons. The molecule has 0 unspecified atom stereocenters. The van der Waals surface area contributed by atoms with Gasteiger partial charge in [-0.3, -0.25) is 9.82 Å². The highest BCUT2D eigenvalue weighted by atomic mass is 32.2. The Balaban J connectivity index is 2.97. The maximum absolute atomic E-state index is 11.9. The van der Waals surface area contributed by atoms with Crippen molar-refractivity contribution in [2.24, 2.45) is 0 Å². The molecule has 0 aliphatic carbocycles. The summed E-state index contributed by atoms with van der Waals surface area (Å²) >= 11 is 0. The first-order valence-corrected chi connectivity index (χ1v) is 6.65. The van der Waals surface area contributed by atoms with Crippen LogP contribution in [0, 0.1) is 13.8 Å². The van der Waals surface area contributed by atoms with Gasteiger partial charge in [-0.15, -0.1) is 0 Å². The fourth-order valence-electron chi connectivity index (χ4n) is 1.46. The Labute approximate surface area is 96.2 Å². The highest BCUT2D eigenvalue weighted by Gasteiger charge is 2.21. The number of anilines is 1. The number of aromatic nitrogens is 2. The van der Waals surface area contributed by atoms with Gasteiger partial charge in [0, 0.05) is 13.1 Å². The van der Waals surface area contributed by atoms with Crippen molar-refractivity contribution in [3.05, 3.63) is 11.4 Å². The molecule has 0 spiro atoms. The topological polar surface area (TPSA) is 78.1 Å². The molecule has 1 heterocycles. The summed E-state index contributed by atoms with van der Waals surface area (Å²) < 4.78 is 27.8. The molecule has 0 saturated heterocycles. The lowest BCUT2D eigenvalue weighted by molar-refractivity contribution is 0.449. The lowest BCUT2D eigenvalue weighted by atomic mass is 10.3. The predicted octanol–water partition coefficient (Wildman–Crippen LogP) is 1.03. The fraction of sp³-hybridized carbons (Fsp3) is 0.667. The summed E-state index contributed by atoms with van der Waals surface area (Å²) in [6.45, 7) is 8.03. The van der Waals surface area contributed by atoms with Crippen LogP contribution in [0.2, 0.25) is 0 Å². The first-order chi connectivity index (χ1) is 7.42. The van der Waals surface area contributed by atoms with Crippen LogP contribution < -0.4 is 4.72 Å². The average Bonchev–Trinajstić information content (AvgIpc) is 2.50. The van der Waals surface area contributed by atoms with Gasteiger partial charge in [-0.25, -0.2) is 0 Å². The molecule has 7 heteroatoms. The third-order valence-corrected chi connectivity index (χ3v) is 4.06. The number of H-pyrrole nitrogens is 1. The van der Waals surface area contributed by atoms with Gasteiger partial charge in [-0.1, -0.05) is 13.8 Å². The summed E-state index contributed by atoms with van der Waals surface area (Å²) in [7, 11) is -3.47. The van der Waals surface area contributed by atoms with E-state index in [1.165, 1.54) is 4.31 Å². The van der Waals surface area contributed by atoms with Crippen molar-refractivity contribution in [3.63, 3.8) is 0 Å². The van der Waals surface area contributed by atoms with Crippen molar-refractivity contribution >= 4 is 15.9 Å². The lowest BCUT2D eigenvalue weighted by Gasteiger charge is -2.19. The molecule has 1 aromatic rings. The van der Waals surface area contributed by atoms with Gasteiger partial charge in [-0.2, -0.15) is 17.8 Å². The van der Waals surface area contributed by atoms with E-state index in [9.17, 15) is 8.42 Å².